The number of hydrogen-bond donors (Lipinski definition) is 0. The van der Waals surface area contributed by atoms with E-state index in [0.29, 0.717) is 6.42 Å². The van der Waals surface area contributed by atoms with Crippen LogP contribution in [0.15, 0.2) is 60.8 Å². The highest BCUT2D eigenvalue weighted by molar-refractivity contribution is 6.08. The molecule has 0 spiro atoms. The minimum absolute atomic E-state index is 0.186. The molecule has 0 radical (unpaired) electrons. The highest BCUT2D eigenvalue weighted by Gasteiger charge is 2.13. The average Bonchev–Trinajstić information content (AvgIpc) is 2.87. The maximum absolute atomic E-state index is 12.1. The van der Waals surface area contributed by atoms with E-state index in [1.807, 2.05) is 61.7 Å². The van der Waals surface area contributed by atoms with Crippen LogP contribution in [0, 0.1) is 0 Å². The minimum atomic E-state index is 0.186. The van der Waals surface area contributed by atoms with Gasteiger partial charge in [-0.1, -0.05) is 43.3 Å². The Morgan fingerprint density at radius 1 is 1.00 bits per heavy atom. The molecule has 0 aliphatic heterocycles. The van der Waals surface area contributed by atoms with Crippen molar-refractivity contribution in [3.05, 3.63) is 66.4 Å². The molecule has 2 aromatic carbocycles. The van der Waals surface area contributed by atoms with Gasteiger partial charge in [-0.3, -0.25) is 4.79 Å². The molecule has 0 saturated carbocycles. The van der Waals surface area contributed by atoms with Crippen molar-refractivity contribution in [1.29, 1.82) is 0 Å². The highest BCUT2D eigenvalue weighted by Crippen LogP contribution is 2.25. The van der Waals surface area contributed by atoms with Gasteiger partial charge in [-0.05, 0) is 18.2 Å². The van der Waals surface area contributed by atoms with Gasteiger partial charge in [0.25, 0.3) is 0 Å². The number of nitrogens with zero attached hydrogens (tertiary/aromatic N) is 1. The third-order valence-corrected chi connectivity index (χ3v) is 3.37. The Balaban J connectivity index is 2.29. The van der Waals surface area contributed by atoms with E-state index in [9.17, 15) is 4.79 Å². The molecule has 94 valence electrons. The number of carbonyl (C=O) groups is 1. The van der Waals surface area contributed by atoms with Crippen molar-refractivity contribution < 1.29 is 4.79 Å². The van der Waals surface area contributed by atoms with Crippen LogP contribution in [-0.2, 0) is 0 Å². The second-order valence-electron chi connectivity index (χ2n) is 4.54. The first-order valence-corrected chi connectivity index (χ1v) is 6.50. The van der Waals surface area contributed by atoms with Gasteiger partial charge in [0, 0.05) is 29.3 Å². The largest absolute Gasteiger partial charge is 0.316 e. The van der Waals surface area contributed by atoms with Gasteiger partial charge in [0.2, 0.25) is 0 Å². The Labute approximate surface area is 112 Å². The third-order valence-electron chi connectivity index (χ3n) is 3.37. The first kappa shape index (κ1) is 11.7. The van der Waals surface area contributed by atoms with Gasteiger partial charge < -0.3 is 4.57 Å². The van der Waals surface area contributed by atoms with Crippen LogP contribution in [-0.4, -0.2) is 10.4 Å². The van der Waals surface area contributed by atoms with Crippen molar-refractivity contribution in [1.82, 2.24) is 4.57 Å². The number of hydrogen-bond acceptors (Lipinski definition) is 1. The molecule has 0 aliphatic rings. The summed E-state index contributed by atoms with van der Waals surface area (Å²) in [7, 11) is 0. The Bertz CT molecular complexity index is 725. The minimum Gasteiger partial charge on any atom is -0.316 e. The average molecular weight is 249 g/mol. The number of para-hydroxylation sites is 2. The molecule has 2 heteroatoms. The second-order valence-corrected chi connectivity index (χ2v) is 4.54. The van der Waals surface area contributed by atoms with E-state index >= 15 is 0 Å². The number of rotatable bonds is 3. The summed E-state index contributed by atoms with van der Waals surface area (Å²) in [6.07, 6.45) is 2.48. The van der Waals surface area contributed by atoms with Gasteiger partial charge in [0.15, 0.2) is 5.78 Å². The van der Waals surface area contributed by atoms with Crippen LogP contribution < -0.4 is 0 Å². The van der Waals surface area contributed by atoms with Crippen LogP contribution in [0.2, 0.25) is 0 Å². The topological polar surface area (TPSA) is 22.0 Å². The van der Waals surface area contributed by atoms with Crippen molar-refractivity contribution in [2.75, 3.05) is 0 Å². The van der Waals surface area contributed by atoms with E-state index in [-0.39, 0.29) is 5.78 Å². The first-order valence-electron chi connectivity index (χ1n) is 6.50. The fourth-order valence-electron chi connectivity index (χ4n) is 2.39. The van der Waals surface area contributed by atoms with E-state index in [1.54, 1.807) is 0 Å². The molecule has 0 unspecified atom stereocenters. The summed E-state index contributed by atoms with van der Waals surface area (Å²) in [5, 5.41) is 1.03. The van der Waals surface area contributed by atoms with Gasteiger partial charge in [-0.15, -0.1) is 0 Å². The van der Waals surface area contributed by atoms with Gasteiger partial charge in [-0.25, -0.2) is 0 Å². The fourth-order valence-corrected chi connectivity index (χ4v) is 2.39. The zero-order valence-electron chi connectivity index (χ0n) is 10.8. The Morgan fingerprint density at radius 3 is 2.42 bits per heavy atom. The molecule has 0 atom stereocenters. The lowest BCUT2D eigenvalue weighted by Crippen LogP contribution is -1.95. The molecule has 19 heavy (non-hydrogen) atoms. The summed E-state index contributed by atoms with van der Waals surface area (Å²) in [6.45, 7) is 1.90. The van der Waals surface area contributed by atoms with Crippen LogP contribution in [0.3, 0.4) is 0 Å². The van der Waals surface area contributed by atoms with Crippen LogP contribution >= 0.6 is 0 Å². The first-order chi connectivity index (χ1) is 9.31. The normalized spacial score (nSPS) is 10.8. The number of carbonyl (C=O) groups excluding carboxylic acids is 1. The van der Waals surface area contributed by atoms with Crippen LogP contribution in [0.4, 0.5) is 0 Å². The lowest BCUT2D eigenvalue weighted by Gasteiger charge is -2.04. The number of benzene rings is 2. The van der Waals surface area contributed by atoms with Gasteiger partial charge >= 0.3 is 0 Å². The molecule has 0 amide bonds. The van der Waals surface area contributed by atoms with E-state index in [1.165, 1.54) is 0 Å². The van der Waals surface area contributed by atoms with E-state index < -0.39 is 0 Å². The maximum Gasteiger partial charge on any atom is 0.164 e. The summed E-state index contributed by atoms with van der Waals surface area (Å²) in [5.74, 6) is 0.186. The number of Topliss-reactive ketones (excluding diaryl/α,β-unsaturated/α-hetero) is 1. The van der Waals surface area contributed by atoms with Crippen molar-refractivity contribution in [2.24, 2.45) is 0 Å². The highest BCUT2D eigenvalue weighted by atomic mass is 16.1. The smallest absolute Gasteiger partial charge is 0.164 e. The third kappa shape index (κ3) is 1.95. The number of aromatic nitrogens is 1. The fraction of sp³-hybridized carbons (Fsp3) is 0.118. The zero-order valence-corrected chi connectivity index (χ0v) is 10.8. The van der Waals surface area contributed by atoms with Gasteiger partial charge in [0.05, 0.1) is 5.52 Å². The maximum atomic E-state index is 12.1. The molecule has 2 nitrogen and oxygen atoms in total. The van der Waals surface area contributed by atoms with E-state index in [2.05, 4.69) is 10.6 Å². The van der Waals surface area contributed by atoms with E-state index in [0.717, 1.165) is 22.2 Å². The van der Waals surface area contributed by atoms with Crippen LogP contribution in [0.1, 0.15) is 23.7 Å². The van der Waals surface area contributed by atoms with Gasteiger partial charge in [0.1, 0.15) is 0 Å². The second kappa shape index (κ2) is 4.73. The zero-order chi connectivity index (χ0) is 13.2. The predicted octanol–water partition coefficient (Wildman–Crippen LogP) is 4.22. The predicted molar refractivity (Wildman–Crippen MR) is 77.9 cm³/mol. The molecule has 3 aromatic rings. The molecule has 0 aliphatic carbocycles. The Morgan fingerprint density at radius 2 is 1.68 bits per heavy atom. The van der Waals surface area contributed by atoms with Gasteiger partial charge in [-0.2, -0.15) is 0 Å². The molecule has 0 N–H and O–H groups in total. The summed E-state index contributed by atoms with van der Waals surface area (Å²) in [5.41, 5.74) is 2.96. The summed E-state index contributed by atoms with van der Waals surface area (Å²) < 4.78 is 2.08. The van der Waals surface area contributed by atoms with E-state index in [4.69, 9.17) is 0 Å². The Kier molecular flexibility index (Phi) is 2.92. The molecule has 3 rings (SSSR count). The standard InChI is InChI=1S/C17H15NO/c1-2-17(19)15-12-18(13-8-4-3-5-9-13)16-11-7-6-10-14(15)16/h3-12H,2H2,1H3. The van der Waals surface area contributed by atoms with Crippen molar-refractivity contribution >= 4 is 16.7 Å². The van der Waals surface area contributed by atoms with Crippen LogP contribution in [0.5, 0.6) is 0 Å². The lowest BCUT2D eigenvalue weighted by atomic mass is 10.1. The summed E-state index contributed by atoms with van der Waals surface area (Å²) in [4.78, 5) is 12.1. The van der Waals surface area contributed by atoms with Crippen LogP contribution in [0.25, 0.3) is 16.6 Å². The quantitative estimate of drug-likeness (QED) is 0.637. The Hall–Kier alpha value is -2.35. The number of fused-ring (bicyclic) bond motifs is 1. The van der Waals surface area contributed by atoms with Crippen molar-refractivity contribution in [3.8, 4) is 5.69 Å². The molecule has 1 aromatic heterocycles. The summed E-state index contributed by atoms with van der Waals surface area (Å²) >= 11 is 0. The number of ketones is 1. The molecular weight excluding hydrogens is 234 g/mol. The monoisotopic (exact) mass is 249 g/mol. The molecule has 0 fully saturated rings. The molecule has 1 heterocycles. The molecular formula is C17H15NO. The van der Waals surface area contributed by atoms with Crippen molar-refractivity contribution in [3.63, 3.8) is 0 Å². The summed E-state index contributed by atoms with van der Waals surface area (Å²) in [6, 6.07) is 18.1. The van der Waals surface area contributed by atoms with Crippen molar-refractivity contribution in [2.45, 2.75) is 13.3 Å². The molecule has 0 bridgehead atoms. The SMILES string of the molecule is CCC(=O)c1cn(-c2ccccc2)c2ccccc12. The lowest BCUT2D eigenvalue weighted by molar-refractivity contribution is 0.0989. The molecule has 0 saturated heterocycles.